The van der Waals surface area contributed by atoms with Crippen molar-refractivity contribution in [3.8, 4) is 27.9 Å². The number of benzene rings is 3. The van der Waals surface area contributed by atoms with E-state index in [2.05, 4.69) is 0 Å². The van der Waals surface area contributed by atoms with Crippen molar-refractivity contribution in [2.75, 3.05) is 0 Å². The third-order valence-electron chi connectivity index (χ3n) is 7.26. The summed E-state index contributed by atoms with van der Waals surface area (Å²) >= 11 is 0. The number of aliphatic hydroxyl groups is 1. The van der Waals surface area contributed by atoms with Crippen LogP contribution in [0, 0.1) is 12.7 Å². The molecule has 6 rings (SSSR count). The van der Waals surface area contributed by atoms with Gasteiger partial charge in [-0.25, -0.2) is 13.8 Å². The molecule has 0 saturated heterocycles. The number of fused-ring (bicyclic) bond motifs is 4. The van der Waals surface area contributed by atoms with Crippen molar-refractivity contribution in [1.29, 1.82) is 0 Å². The standard InChI is InChI=1S/C30H22FN3O4/c1-16-19(4-2-6-25(16)34-27(36)14-26-24(31)5-3-11-33(26)30(34)38)21-9-10-22(29(32)37)23-13-18-12-17(15-35)7-8-20(18)28(21)23/h2-12,14,35H,13,15H2,1H3,(H2,32,37). The molecule has 0 bridgehead atoms. The zero-order valence-electron chi connectivity index (χ0n) is 20.4. The Balaban J connectivity index is 1.62. The van der Waals surface area contributed by atoms with Crippen LogP contribution >= 0.6 is 0 Å². The molecular weight excluding hydrogens is 485 g/mol. The Kier molecular flexibility index (Phi) is 5.36. The van der Waals surface area contributed by atoms with Crippen LogP contribution in [0.2, 0.25) is 0 Å². The van der Waals surface area contributed by atoms with Crippen molar-refractivity contribution < 1.29 is 14.3 Å². The molecule has 3 aromatic carbocycles. The number of pyridine rings is 1. The van der Waals surface area contributed by atoms with Crippen LogP contribution in [0.5, 0.6) is 0 Å². The van der Waals surface area contributed by atoms with Gasteiger partial charge in [0.2, 0.25) is 5.91 Å². The van der Waals surface area contributed by atoms with Crippen LogP contribution in [0.15, 0.2) is 82.5 Å². The van der Waals surface area contributed by atoms with Gasteiger partial charge in [-0.15, -0.1) is 0 Å². The number of rotatable bonds is 4. The van der Waals surface area contributed by atoms with E-state index in [1.807, 2.05) is 37.3 Å². The first-order chi connectivity index (χ1) is 18.3. The van der Waals surface area contributed by atoms with E-state index in [-0.39, 0.29) is 12.1 Å². The van der Waals surface area contributed by atoms with Crippen LogP contribution in [0.4, 0.5) is 4.39 Å². The second-order valence-corrected chi connectivity index (χ2v) is 9.37. The fourth-order valence-corrected chi connectivity index (χ4v) is 5.48. The van der Waals surface area contributed by atoms with Crippen LogP contribution in [-0.2, 0) is 13.0 Å². The van der Waals surface area contributed by atoms with Crippen molar-refractivity contribution >= 4 is 11.4 Å². The van der Waals surface area contributed by atoms with E-state index in [1.54, 1.807) is 18.2 Å². The molecule has 5 aromatic rings. The first kappa shape index (κ1) is 23.6. The van der Waals surface area contributed by atoms with Crippen molar-refractivity contribution in [3.63, 3.8) is 0 Å². The van der Waals surface area contributed by atoms with Gasteiger partial charge in [0.25, 0.3) is 5.56 Å². The van der Waals surface area contributed by atoms with Gasteiger partial charge in [0.1, 0.15) is 5.82 Å². The molecule has 0 spiro atoms. The quantitative estimate of drug-likeness (QED) is 0.379. The predicted octanol–water partition coefficient (Wildman–Crippen LogP) is 3.73. The van der Waals surface area contributed by atoms with Crippen molar-refractivity contribution in [3.05, 3.63) is 127 Å². The molecule has 2 heterocycles. The van der Waals surface area contributed by atoms with Crippen LogP contribution < -0.4 is 17.0 Å². The number of aromatic nitrogens is 2. The fraction of sp³-hybridized carbons (Fsp3) is 0.100. The van der Waals surface area contributed by atoms with Gasteiger partial charge in [-0.1, -0.05) is 36.4 Å². The van der Waals surface area contributed by atoms with Crippen molar-refractivity contribution in [2.45, 2.75) is 20.0 Å². The van der Waals surface area contributed by atoms with Crippen molar-refractivity contribution in [2.24, 2.45) is 5.73 Å². The second kappa shape index (κ2) is 8.64. The monoisotopic (exact) mass is 507 g/mol. The minimum absolute atomic E-state index is 0.0914. The summed E-state index contributed by atoms with van der Waals surface area (Å²) in [6, 6.07) is 18.2. The SMILES string of the molecule is Cc1c(-c2ccc(C(N)=O)c3c2-c2ccc(CO)cc2C3)cccc1-n1c(=O)cc2c(F)cccn2c1=O. The maximum Gasteiger partial charge on any atom is 0.340 e. The highest BCUT2D eigenvalue weighted by Crippen LogP contribution is 2.45. The van der Waals surface area contributed by atoms with E-state index in [1.165, 1.54) is 18.3 Å². The summed E-state index contributed by atoms with van der Waals surface area (Å²) in [5, 5.41) is 9.61. The van der Waals surface area contributed by atoms with E-state index < -0.39 is 23.0 Å². The highest BCUT2D eigenvalue weighted by molar-refractivity contribution is 6.02. The van der Waals surface area contributed by atoms with Crippen LogP contribution in [0.1, 0.15) is 32.6 Å². The number of hydrogen-bond acceptors (Lipinski definition) is 4. The van der Waals surface area contributed by atoms with Gasteiger partial charge in [-0.3, -0.25) is 14.0 Å². The predicted molar refractivity (Wildman–Crippen MR) is 142 cm³/mol. The smallest absolute Gasteiger partial charge is 0.340 e. The Bertz CT molecular complexity index is 1940. The maximum atomic E-state index is 14.3. The Hall–Kier alpha value is -4.82. The van der Waals surface area contributed by atoms with E-state index in [9.17, 15) is 23.9 Å². The molecule has 1 aliphatic carbocycles. The number of carbonyl (C=O) groups excluding carboxylic acids is 1. The average Bonchev–Trinajstić information content (AvgIpc) is 3.28. The fourth-order valence-electron chi connectivity index (χ4n) is 5.48. The number of nitrogens with two attached hydrogens (primary N) is 1. The lowest BCUT2D eigenvalue weighted by molar-refractivity contribution is 0.0999. The normalized spacial score (nSPS) is 12.0. The first-order valence-corrected chi connectivity index (χ1v) is 12.0. The Morgan fingerprint density at radius 1 is 1.00 bits per heavy atom. The molecule has 3 N–H and O–H groups in total. The average molecular weight is 508 g/mol. The number of hydrogen-bond donors (Lipinski definition) is 2. The van der Waals surface area contributed by atoms with E-state index in [0.717, 1.165) is 54.0 Å². The van der Waals surface area contributed by atoms with Gasteiger partial charge in [-0.05, 0) is 82.1 Å². The molecule has 0 unspecified atom stereocenters. The molecule has 1 aliphatic rings. The molecule has 0 radical (unpaired) electrons. The van der Waals surface area contributed by atoms with Crippen LogP contribution in [-0.4, -0.2) is 20.0 Å². The largest absolute Gasteiger partial charge is 0.392 e. The lowest BCUT2D eigenvalue weighted by Crippen LogP contribution is -2.36. The topological polar surface area (TPSA) is 107 Å². The summed E-state index contributed by atoms with van der Waals surface area (Å²) < 4.78 is 16.4. The van der Waals surface area contributed by atoms with E-state index in [0.29, 0.717) is 23.2 Å². The maximum absolute atomic E-state index is 14.3. The molecular formula is C30H22FN3O4. The number of carbonyl (C=O) groups is 1. The summed E-state index contributed by atoms with van der Waals surface area (Å²) in [5.74, 6) is -1.19. The molecule has 0 aliphatic heterocycles. The molecule has 2 aromatic heterocycles. The third-order valence-corrected chi connectivity index (χ3v) is 7.26. The number of primary amides is 1. The van der Waals surface area contributed by atoms with Crippen molar-refractivity contribution in [1.82, 2.24) is 8.97 Å². The number of aliphatic hydroxyl groups excluding tert-OH is 1. The summed E-state index contributed by atoms with van der Waals surface area (Å²) in [5.41, 5.74) is 11.7. The molecule has 7 nitrogen and oxygen atoms in total. The number of halogens is 1. The van der Waals surface area contributed by atoms with Gasteiger partial charge < -0.3 is 10.8 Å². The Labute approximate surface area is 215 Å². The molecule has 0 saturated carbocycles. The highest BCUT2D eigenvalue weighted by Gasteiger charge is 2.27. The Morgan fingerprint density at radius 3 is 2.55 bits per heavy atom. The zero-order valence-corrected chi connectivity index (χ0v) is 20.4. The second-order valence-electron chi connectivity index (χ2n) is 9.37. The molecule has 0 fully saturated rings. The lowest BCUT2D eigenvalue weighted by Gasteiger charge is -2.17. The molecule has 38 heavy (non-hydrogen) atoms. The molecule has 0 atom stereocenters. The third kappa shape index (κ3) is 3.42. The van der Waals surface area contributed by atoms with Crippen LogP contribution in [0.3, 0.4) is 0 Å². The highest BCUT2D eigenvalue weighted by atomic mass is 19.1. The zero-order chi connectivity index (χ0) is 26.7. The number of nitrogens with zero attached hydrogens (tertiary/aromatic N) is 2. The molecule has 8 heteroatoms. The summed E-state index contributed by atoms with van der Waals surface area (Å²) in [4.78, 5) is 38.6. The van der Waals surface area contributed by atoms with E-state index in [4.69, 9.17) is 5.73 Å². The number of amides is 1. The van der Waals surface area contributed by atoms with Crippen LogP contribution in [0.25, 0.3) is 33.5 Å². The van der Waals surface area contributed by atoms with Gasteiger partial charge in [0.05, 0.1) is 17.8 Å². The minimum atomic E-state index is -0.677. The van der Waals surface area contributed by atoms with E-state index >= 15 is 0 Å². The first-order valence-electron chi connectivity index (χ1n) is 12.0. The van der Waals surface area contributed by atoms with Gasteiger partial charge in [-0.2, -0.15) is 0 Å². The molecule has 188 valence electrons. The lowest BCUT2D eigenvalue weighted by atomic mass is 9.89. The van der Waals surface area contributed by atoms with Gasteiger partial charge >= 0.3 is 5.69 Å². The summed E-state index contributed by atoms with van der Waals surface area (Å²) in [6.07, 6.45) is 1.91. The molecule has 1 amide bonds. The van der Waals surface area contributed by atoms with Gasteiger partial charge in [0, 0.05) is 17.8 Å². The van der Waals surface area contributed by atoms with Gasteiger partial charge in [0.15, 0.2) is 0 Å². The Morgan fingerprint density at radius 2 is 1.79 bits per heavy atom. The summed E-state index contributed by atoms with van der Waals surface area (Å²) in [7, 11) is 0. The summed E-state index contributed by atoms with van der Waals surface area (Å²) in [6.45, 7) is 1.72. The minimum Gasteiger partial charge on any atom is -0.392 e.